The molecule has 4 saturated carbocycles. The second-order valence-electron chi connectivity index (χ2n) is 7.51. The first-order valence-electron chi connectivity index (χ1n) is 8.47. The number of anilines is 1. The fourth-order valence-corrected chi connectivity index (χ4v) is 5.55. The Labute approximate surface area is 130 Å². The van der Waals surface area contributed by atoms with Gasteiger partial charge in [-0.2, -0.15) is 0 Å². The molecular weight excluding hydrogens is 278 g/mol. The monoisotopic (exact) mass is 299 g/mol. The lowest BCUT2D eigenvalue weighted by atomic mass is 9.51. The zero-order valence-corrected chi connectivity index (χ0v) is 12.6. The molecule has 0 unspecified atom stereocenters. The van der Waals surface area contributed by atoms with E-state index in [1.54, 1.807) is 0 Å². The van der Waals surface area contributed by atoms with Crippen LogP contribution in [0.2, 0.25) is 0 Å². The van der Waals surface area contributed by atoms with Crippen molar-refractivity contribution < 1.29 is 14.3 Å². The number of ether oxygens (including phenoxy) is 2. The molecule has 4 bridgehead atoms. The molecular formula is C18H21NO3. The summed E-state index contributed by atoms with van der Waals surface area (Å²) in [5.74, 6) is 4.95. The van der Waals surface area contributed by atoms with E-state index in [4.69, 9.17) is 9.47 Å². The molecule has 0 spiro atoms. The number of nitrogens with one attached hydrogen (secondary N) is 1. The lowest BCUT2D eigenvalue weighted by Crippen LogP contribution is -2.49. The Bertz CT molecular complexity index is 599. The van der Waals surface area contributed by atoms with Crippen molar-refractivity contribution in [3.05, 3.63) is 18.2 Å². The average molecular weight is 299 g/mol. The van der Waals surface area contributed by atoms with Gasteiger partial charge in [0.1, 0.15) is 0 Å². The van der Waals surface area contributed by atoms with Crippen LogP contribution in [0.1, 0.15) is 32.1 Å². The van der Waals surface area contributed by atoms with Gasteiger partial charge in [0.05, 0.1) is 0 Å². The molecule has 0 aromatic heterocycles. The maximum absolute atomic E-state index is 12.8. The minimum atomic E-state index is 0.215. The first-order valence-corrected chi connectivity index (χ1v) is 8.47. The van der Waals surface area contributed by atoms with Gasteiger partial charge in [-0.15, -0.1) is 0 Å². The highest BCUT2D eigenvalue weighted by atomic mass is 16.7. The molecule has 4 heteroatoms. The van der Waals surface area contributed by atoms with E-state index >= 15 is 0 Å². The quantitative estimate of drug-likeness (QED) is 0.910. The molecule has 0 radical (unpaired) electrons. The standard InChI is InChI=1S/C18H21NO3/c20-18(19-14-1-2-15-16(8-14)22-9-21-15)17-12-4-10-3-11(6-12)7-13(17)5-10/h1-2,8,10-13,17H,3-7,9H2,(H,19,20). The molecule has 1 N–H and O–H groups in total. The van der Waals surface area contributed by atoms with Gasteiger partial charge in [0.15, 0.2) is 11.5 Å². The number of rotatable bonds is 2. The van der Waals surface area contributed by atoms with Crippen LogP contribution in [0.4, 0.5) is 5.69 Å². The van der Waals surface area contributed by atoms with E-state index in [9.17, 15) is 4.79 Å². The number of hydrogen-bond acceptors (Lipinski definition) is 3. The Morgan fingerprint density at radius 1 is 0.955 bits per heavy atom. The van der Waals surface area contributed by atoms with Crippen LogP contribution in [0, 0.1) is 29.6 Å². The molecule has 0 saturated heterocycles. The van der Waals surface area contributed by atoms with Crippen LogP contribution < -0.4 is 14.8 Å². The van der Waals surface area contributed by atoms with Crippen molar-refractivity contribution in [3.63, 3.8) is 0 Å². The summed E-state index contributed by atoms with van der Waals surface area (Å²) >= 11 is 0. The Kier molecular flexibility index (Phi) is 2.70. The molecule has 4 nitrogen and oxygen atoms in total. The van der Waals surface area contributed by atoms with Crippen LogP contribution in [-0.2, 0) is 4.79 Å². The Balaban J connectivity index is 1.35. The van der Waals surface area contributed by atoms with Gasteiger partial charge in [-0.25, -0.2) is 0 Å². The van der Waals surface area contributed by atoms with Crippen LogP contribution in [0.5, 0.6) is 11.5 Å². The van der Waals surface area contributed by atoms with Crippen molar-refractivity contribution >= 4 is 11.6 Å². The predicted octanol–water partition coefficient (Wildman–Crippen LogP) is 3.43. The van der Waals surface area contributed by atoms with Gasteiger partial charge in [-0.1, -0.05) is 0 Å². The van der Waals surface area contributed by atoms with Crippen LogP contribution in [0.3, 0.4) is 0 Å². The zero-order valence-electron chi connectivity index (χ0n) is 12.6. The third-order valence-corrected chi connectivity index (χ3v) is 6.17. The maximum atomic E-state index is 12.8. The fourth-order valence-electron chi connectivity index (χ4n) is 5.55. The summed E-state index contributed by atoms with van der Waals surface area (Å²) in [4.78, 5) is 12.8. The molecule has 22 heavy (non-hydrogen) atoms. The van der Waals surface area contributed by atoms with Crippen LogP contribution >= 0.6 is 0 Å². The summed E-state index contributed by atoms with van der Waals surface area (Å²) in [6.07, 6.45) is 6.50. The van der Waals surface area contributed by atoms with Gasteiger partial charge < -0.3 is 14.8 Å². The Morgan fingerprint density at radius 2 is 1.64 bits per heavy atom. The van der Waals surface area contributed by atoms with Crippen LogP contribution in [-0.4, -0.2) is 12.7 Å². The smallest absolute Gasteiger partial charge is 0.231 e. The molecule has 1 aromatic carbocycles. The fraction of sp³-hybridized carbons (Fsp3) is 0.611. The first-order chi connectivity index (χ1) is 10.8. The molecule has 6 rings (SSSR count). The number of carbonyl (C=O) groups is 1. The predicted molar refractivity (Wildman–Crippen MR) is 81.7 cm³/mol. The second kappa shape index (κ2) is 4.64. The molecule has 1 aliphatic heterocycles. The van der Waals surface area contributed by atoms with Crippen molar-refractivity contribution in [2.24, 2.45) is 29.6 Å². The molecule has 4 aliphatic carbocycles. The summed E-state index contributed by atoms with van der Waals surface area (Å²) in [5.41, 5.74) is 0.822. The Morgan fingerprint density at radius 3 is 2.36 bits per heavy atom. The highest BCUT2D eigenvalue weighted by molar-refractivity contribution is 5.93. The van der Waals surface area contributed by atoms with Gasteiger partial charge in [-0.05, 0) is 67.9 Å². The highest BCUT2D eigenvalue weighted by Crippen LogP contribution is 2.56. The zero-order chi connectivity index (χ0) is 14.7. The Hall–Kier alpha value is -1.71. The summed E-state index contributed by atoms with van der Waals surface area (Å²) in [6.45, 7) is 0.266. The lowest BCUT2D eigenvalue weighted by Gasteiger charge is -2.53. The number of hydrogen-bond donors (Lipinski definition) is 1. The molecule has 4 fully saturated rings. The first kappa shape index (κ1) is 12.8. The summed E-state index contributed by atoms with van der Waals surface area (Å²) in [7, 11) is 0. The summed E-state index contributed by atoms with van der Waals surface area (Å²) in [5, 5.41) is 3.13. The SMILES string of the molecule is O=C(Nc1ccc2c(c1)OCO2)C1C2CC3CC(C2)CC1C3. The van der Waals surface area contributed by atoms with Gasteiger partial charge in [-0.3, -0.25) is 4.79 Å². The van der Waals surface area contributed by atoms with E-state index in [2.05, 4.69) is 5.32 Å². The maximum Gasteiger partial charge on any atom is 0.231 e. The molecule has 1 aromatic rings. The van der Waals surface area contributed by atoms with E-state index < -0.39 is 0 Å². The van der Waals surface area contributed by atoms with E-state index in [0.717, 1.165) is 29.0 Å². The third-order valence-electron chi connectivity index (χ3n) is 6.17. The van der Waals surface area contributed by atoms with Crippen molar-refractivity contribution in [1.82, 2.24) is 0 Å². The normalized spacial score (nSPS) is 37.4. The van der Waals surface area contributed by atoms with Crippen molar-refractivity contribution in [1.29, 1.82) is 0 Å². The van der Waals surface area contributed by atoms with E-state index in [-0.39, 0.29) is 18.6 Å². The second-order valence-corrected chi connectivity index (χ2v) is 7.51. The van der Waals surface area contributed by atoms with Crippen molar-refractivity contribution in [2.45, 2.75) is 32.1 Å². The topological polar surface area (TPSA) is 47.6 Å². The van der Waals surface area contributed by atoms with Crippen molar-refractivity contribution in [2.75, 3.05) is 12.1 Å². The highest BCUT2D eigenvalue weighted by Gasteiger charge is 2.50. The van der Waals surface area contributed by atoms with E-state index in [0.29, 0.717) is 11.8 Å². The molecule has 0 atom stereocenters. The molecule has 5 aliphatic rings. The lowest BCUT2D eigenvalue weighted by molar-refractivity contribution is -0.132. The largest absolute Gasteiger partial charge is 0.454 e. The van der Waals surface area contributed by atoms with E-state index in [1.165, 1.54) is 32.1 Å². The molecule has 1 heterocycles. The van der Waals surface area contributed by atoms with Gasteiger partial charge >= 0.3 is 0 Å². The van der Waals surface area contributed by atoms with Gasteiger partial charge in [0.25, 0.3) is 0 Å². The minimum absolute atomic E-state index is 0.215. The average Bonchev–Trinajstić information content (AvgIpc) is 2.93. The molecule has 1 amide bonds. The van der Waals surface area contributed by atoms with E-state index in [1.807, 2.05) is 18.2 Å². The number of amides is 1. The minimum Gasteiger partial charge on any atom is -0.454 e. The number of benzene rings is 1. The van der Waals surface area contributed by atoms with Crippen molar-refractivity contribution in [3.8, 4) is 11.5 Å². The number of carbonyl (C=O) groups excluding carboxylic acids is 1. The van der Waals surface area contributed by atoms with Crippen LogP contribution in [0.15, 0.2) is 18.2 Å². The number of fused-ring (bicyclic) bond motifs is 1. The third kappa shape index (κ3) is 1.93. The molecule has 116 valence electrons. The van der Waals surface area contributed by atoms with Gasteiger partial charge in [0.2, 0.25) is 12.7 Å². The summed E-state index contributed by atoms with van der Waals surface area (Å²) in [6, 6.07) is 5.65. The van der Waals surface area contributed by atoms with Crippen LogP contribution in [0.25, 0.3) is 0 Å². The summed E-state index contributed by atoms with van der Waals surface area (Å²) < 4.78 is 10.7. The van der Waals surface area contributed by atoms with Gasteiger partial charge in [0, 0.05) is 17.7 Å².